The standard InChI is InChI=1S/C15H15BrFNO/c1-18-9-12-8-13(16)4-7-15(12)19-10-11-2-5-14(17)6-3-11/h2-8,18H,9-10H2,1H3. The van der Waals surface area contributed by atoms with E-state index >= 15 is 0 Å². The molecule has 0 unspecified atom stereocenters. The molecule has 4 heteroatoms. The Balaban J connectivity index is 2.08. The lowest BCUT2D eigenvalue weighted by molar-refractivity contribution is 0.302. The molecule has 0 saturated heterocycles. The maximum absolute atomic E-state index is 12.8. The lowest BCUT2D eigenvalue weighted by atomic mass is 10.2. The van der Waals surface area contributed by atoms with Crippen LogP contribution in [-0.2, 0) is 13.2 Å². The van der Waals surface area contributed by atoms with Gasteiger partial charge in [-0.25, -0.2) is 4.39 Å². The predicted molar refractivity (Wildman–Crippen MR) is 77.6 cm³/mol. The van der Waals surface area contributed by atoms with Gasteiger partial charge in [0.15, 0.2) is 0 Å². The van der Waals surface area contributed by atoms with Crippen LogP contribution in [0.1, 0.15) is 11.1 Å². The van der Waals surface area contributed by atoms with Crippen LogP contribution in [0.4, 0.5) is 4.39 Å². The lowest BCUT2D eigenvalue weighted by Gasteiger charge is -2.12. The van der Waals surface area contributed by atoms with Gasteiger partial charge in [-0.1, -0.05) is 28.1 Å². The summed E-state index contributed by atoms with van der Waals surface area (Å²) in [5, 5.41) is 3.11. The number of hydrogen-bond acceptors (Lipinski definition) is 2. The minimum Gasteiger partial charge on any atom is -0.489 e. The van der Waals surface area contributed by atoms with Crippen LogP contribution in [0.5, 0.6) is 5.75 Å². The third-order valence-electron chi connectivity index (χ3n) is 2.70. The smallest absolute Gasteiger partial charge is 0.124 e. The molecule has 2 nitrogen and oxygen atoms in total. The van der Waals surface area contributed by atoms with Crippen molar-refractivity contribution < 1.29 is 9.13 Å². The van der Waals surface area contributed by atoms with Gasteiger partial charge in [0.05, 0.1) is 0 Å². The van der Waals surface area contributed by atoms with Gasteiger partial charge in [-0.05, 0) is 42.9 Å². The fourth-order valence-corrected chi connectivity index (χ4v) is 2.17. The van der Waals surface area contributed by atoms with Gasteiger partial charge in [0.1, 0.15) is 18.2 Å². The number of benzene rings is 2. The molecule has 0 spiro atoms. The van der Waals surface area contributed by atoms with E-state index < -0.39 is 0 Å². The average Bonchev–Trinajstić information content (AvgIpc) is 2.40. The van der Waals surface area contributed by atoms with Crippen LogP contribution in [-0.4, -0.2) is 7.05 Å². The third kappa shape index (κ3) is 4.04. The van der Waals surface area contributed by atoms with Crippen molar-refractivity contribution >= 4 is 15.9 Å². The molecule has 0 bridgehead atoms. The van der Waals surface area contributed by atoms with Crippen molar-refractivity contribution in [3.8, 4) is 5.75 Å². The van der Waals surface area contributed by atoms with Crippen LogP contribution in [0.15, 0.2) is 46.9 Å². The van der Waals surface area contributed by atoms with Crippen molar-refractivity contribution in [3.63, 3.8) is 0 Å². The molecule has 0 radical (unpaired) electrons. The van der Waals surface area contributed by atoms with Crippen molar-refractivity contribution in [1.82, 2.24) is 5.32 Å². The first kappa shape index (κ1) is 14.0. The Morgan fingerprint density at radius 2 is 1.89 bits per heavy atom. The molecular formula is C15H15BrFNO. The molecule has 0 aliphatic carbocycles. The average molecular weight is 324 g/mol. The van der Waals surface area contributed by atoms with E-state index in [4.69, 9.17) is 4.74 Å². The van der Waals surface area contributed by atoms with E-state index in [0.29, 0.717) is 6.61 Å². The zero-order valence-electron chi connectivity index (χ0n) is 10.6. The first-order valence-electron chi connectivity index (χ1n) is 5.99. The monoisotopic (exact) mass is 323 g/mol. The van der Waals surface area contributed by atoms with E-state index in [1.807, 2.05) is 25.2 Å². The maximum Gasteiger partial charge on any atom is 0.124 e. The van der Waals surface area contributed by atoms with Crippen LogP contribution in [0, 0.1) is 5.82 Å². The van der Waals surface area contributed by atoms with E-state index in [1.165, 1.54) is 12.1 Å². The summed E-state index contributed by atoms with van der Waals surface area (Å²) in [6.07, 6.45) is 0. The molecule has 0 aliphatic heterocycles. The van der Waals surface area contributed by atoms with E-state index in [2.05, 4.69) is 21.2 Å². The zero-order valence-corrected chi connectivity index (χ0v) is 12.2. The second-order valence-corrected chi connectivity index (χ2v) is 5.11. The first-order chi connectivity index (χ1) is 9.19. The maximum atomic E-state index is 12.8. The summed E-state index contributed by atoms with van der Waals surface area (Å²) in [5.74, 6) is 0.602. The largest absolute Gasteiger partial charge is 0.489 e. The van der Waals surface area contributed by atoms with Gasteiger partial charge < -0.3 is 10.1 Å². The molecule has 0 atom stereocenters. The van der Waals surface area contributed by atoms with Crippen LogP contribution in [0.25, 0.3) is 0 Å². The molecular weight excluding hydrogens is 309 g/mol. The van der Waals surface area contributed by atoms with Crippen molar-refractivity contribution in [2.75, 3.05) is 7.05 Å². The first-order valence-corrected chi connectivity index (χ1v) is 6.78. The van der Waals surface area contributed by atoms with Gasteiger partial charge in [-0.15, -0.1) is 0 Å². The fraction of sp³-hybridized carbons (Fsp3) is 0.200. The van der Waals surface area contributed by atoms with Crippen LogP contribution in [0.3, 0.4) is 0 Å². The predicted octanol–water partition coefficient (Wildman–Crippen LogP) is 3.89. The lowest BCUT2D eigenvalue weighted by Crippen LogP contribution is -2.07. The number of hydrogen-bond donors (Lipinski definition) is 1. The highest BCUT2D eigenvalue weighted by molar-refractivity contribution is 9.10. The Kier molecular flexibility index (Phi) is 4.93. The van der Waals surface area contributed by atoms with Gasteiger partial charge in [0.2, 0.25) is 0 Å². The number of rotatable bonds is 5. The van der Waals surface area contributed by atoms with Gasteiger partial charge in [-0.2, -0.15) is 0 Å². The topological polar surface area (TPSA) is 21.3 Å². The van der Waals surface area contributed by atoms with Crippen LogP contribution >= 0.6 is 15.9 Å². The molecule has 19 heavy (non-hydrogen) atoms. The van der Waals surface area contributed by atoms with Gasteiger partial charge in [0, 0.05) is 16.6 Å². The third-order valence-corrected chi connectivity index (χ3v) is 3.19. The highest BCUT2D eigenvalue weighted by atomic mass is 79.9. The van der Waals surface area contributed by atoms with Crippen molar-refractivity contribution in [2.45, 2.75) is 13.2 Å². The van der Waals surface area contributed by atoms with Crippen LogP contribution < -0.4 is 10.1 Å². The van der Waals surface area contributed by atoms with Gasteiger partial charge in [-0.3, -0.25) is 0 Å². The molecule has 0 aromatic heterocycles. The molecule has 100 valence electrons. The van der Waals surface area contributed by atoms with E-state index in [9.17, 15) is 4.39 Å². The summed E-state index contributed by atoms with van der Waals surface area (Å²) in [4.78, 5) is 0. The summed E-state index contributed by atoms with van der Waals surface area (Å²) >= 11 is 3.45. The molecule has 2 aromatic carbocycles. The quantitative estimate of drug-likeness (QED) is 0.901. The van der Waals surface area contributed by atoms with Crippen molar-refractivity contribution in [2.24, 2.45) is 0 Å². The van der Waals surface area contributed by atoms with Gasteiger partial charge >= 0.3 is 0 Å². The second kappa shape index (κ2) is 6.68. The Bertz CT molecular complexity index is 542. The fourth-order valence-electron chi connectivity index (χ4n) is 1.76. The summed E-state index contributed by atoms with van der Waals surface area (Å²) in [7, 11) is 1.89. The molecule has 0 saturated carbocycles. The number of halogens is 2. The molecule has 0 fully saturated rings. The van der Waals surface area contributed by atoms with Crippen LogP contribution in [0.2, 0.25) is 0 Å². The molecule has 0 heterocycles. The van der Waals surface area contributed by atoms with Crippen molar-refractivity contribution in [3.05, 3.63) is 63.9 Å². The number of ether oxygens (including phenoxy) is 1. The van der Waals surface area contributed by atoms with E-state index in [1.54, 1.807) is 12.1 Å². The highest BCUT2D eigenvalue weighted by Gasteiger charge is 2.04. The molecule has 2 aromatic rings. The van der Waals surface area contributed by atoms with E-state index in [-0.39, 0.29) is 5.82 Å². The molecule has 0 amide bonds. The summed E-state index contributed by atoms with van der Waals surface area (Å²) in [6.45, 7) is 1.16. The minimum atomic E-state index is -0.233. The molecule has 2 rings (SSSR count). The van der Waals surface area contributed by atoms with E-state index in [0.717, 1.165) is 27.9 Å². The summed E-state index contributed by atoms with van der Waals surface area (Å²) in [5.41, 5.74) is 2.03. The molecule has 0 aliphatic rings. The second-order valence-electron chi connectivity index (χ2n) is 4.20. The van der Waals surface area contributed by atoms with Crippen molar-refractivity contribution in [1.29, 1.82) is 0 Å². The SMILES string of the molecule is CNCc1cc(Br)ccc1OCc1ccc(F)cc1. The number of nitrogens with one attached hydrogen (secondary N) is 1. The Morgan fingerprint density at radius 3 is 2.58 bits per heavy atom. The van der Waals surface area contributed by atoms with Gasteiger partial charge in [0.25, 0.3) is 0 Å². The normalized spacial score (nSPS) is 10.5. The Hall–Kier alpha value is -1.39. The Labute approximate surface area is 120 Å². The molecule has 1 N–H and O–H groups in total. The minimum absolute atomic E-state index is 0.233. The zero-order chi connectivity index (χ0) is 13.7. The summed E-state index contributed by atoms with van der Waals surface area (Å²) < 4.78 is 19.6. The summed E-state index contributed by atoms with van der Waals surface area (Å²) in [6, 6.07) is 12.2. The highest BCUT2D eigenvalue weighted by Crippen LogP contribution is 2.24. The Morgan fingerprint density at radius 1 is 1.16 bits per heavy atom.